The molecular weight excluding hydrogens is 362 g/mol. The average Bonchev–Trinajstić information content (AvgIpc) is 3.27. The summed E-state index contributed by atoms with van der Waals surface area (Å²) in [6, 6.07) is 7.29. The van der Waals surface area contributed by atoms with Crippen LogP contribution >= 0.6 is 11.3 Å². The van der Waals surface area contributed by atoms with E-state index in [4.69, 9.17) is 0 Å². The number of hydroxylamine groups is 1. The van der Waals surface area contributed by atoms with Gasteiger partial charge in [-0.2, -0.15) is 5.48 Å². The molecule has 2 heterocycles. The van der Waals surface area contributed by atoms with Gasteiger partial charge >= 0.3 is 0 Å². The Hall–Kier alpha value is -2.61. The summed E-state index contributed by atoms with van der Waals surface area (Å²) in [6.45, 7) is 1.78. The van der Waals surface area contributed by atoms with E-state index in [0.717, 1.165) is 34.1 Å². The van der Waals surface area contributed by atoms with Gasteiger partial charge in [0.1, 0.15) is 5.00 Å². The van der Waals surface area contributed by atoms with Crippen LogP contribution < -0.4 is 10.8 Å². The second-order valence-corrected chi connectivity index (χ2v) is 7.60. The molecule has 1 atom stereocenters. The summed E-state index contributed by atoms with van der Waals surface area (Å²) in [7, 11) is 0. The van der Waals surface area contributed by atoms with Crippen LogP contribution in [-0.2, 0) is 11.2 Å². The van der Waals surface area contributed by atoms with E-state index in [1.807, 2.05) is 12.1 Å². The van der Waals surface area contributed by atoms with Crippen LogP contribution in [0.25, 0.3) is 10.1 Å². The molecule has 7 heteroatoms. The minimum Gasteiger partial charge on any atom is -0.317 e. The summed E-state index contributed by atoms with van der Waals surface area (Å²) in [4.78, 5) is 29.4. The number of rotatable bonds is 5. The molecule has 3 N–H and O–H groups in total. The minimum atomic E-state index is -0.130. The predicted octanol–water partition coefficient (Wildman–Crippen LogP) is 3.84. The van der Waals surface area contributed by atoms with Crippen LogP contribution in [0.1, 0.15) is 52.9 Å². The van der Waals surface area contributed by atoms with E-state index in [1.54, 1.807) is 31.5 Å². The summed E-state index contributed by atoms with van der Waals surface area (Å²) < 4.78 is 0.859. The maximum atomic E-state index is 13.3. The number of nitrogens with one attached hydrogen (secondary N) is 2. The largest absolute Gasteiger partial charge is 0.317 e. The summed E-state index contributed by atoms with van der Waals surface area (Å²) >= 11 is 1.36. The number of amides is 1. The number of hydrogen-bond acceptors (Lipinski definition) is 6. The number of ketones is 1. The van der Waals surface area contributed by atoms with Crippen molar-refractivity contribution < 1.29 is 14.8 Å². The van der Waals surface area contributed by atoms with Crippen molar-refractivity contribution in [3.63, 3.8) is 0 Å². The molecule has 4 rings (SSSR count). The van der Waals surface area contributed by atoms with Crippen molar-refractivity contribution in [1.82, 2.24) is 10.5 Å². The Kier molecular flexibility index (Phi) is 4.73. The molecule has 0 spiro atoms. The molecule has 1 amide bonds. The lowest BCUT2D eigenvalue weighted by molar-refractivity contribution is -0.115. The molecule has 1 aliphatic rings. The van der Waals surface area contributed by atoms with Crippen LogP contribution in [0.3, 0.4) is 0 Å². The number of aromatic nitrogens is 1. The fourth-order valence-corrected chi connectivity index (χ4v) is 4.60. The second kappa shape index (κ2) is 7.19. The number of nitrogens with zero attached hydrogens (tertiary/aromatic N) is 1. The number of fused-ring (bicyclic) bond motifs is 2. The SMILES string of the molecule is CCC(=O)Nc1sc2cnccc2c1C(=O)c1ccc2c(c1)CCC2NO. The third-order valence-corrected chi connectivity index (χ3v) is 5.99. The van der Waals surface area contributed by atoms with Crippen LogP contribution in [-0.4, -0.2) is 21.9 Å². The van der Waals surface area contributed by atoms with E-state index in [0.29, 0.717) is 22.5 Å². The fourth-order valence-electron chi connectivity index (χ4n) is 3.52. The molecule has 2 aromatic heterocycles. The Morgan fingerprint density at radius 3 is 2.96 bits per heavy atom. The number of aryl methyl sites for hydroxylation is 1. The van der Waals surface area contributed by atoms with Gasteiger partial charge in [0.2, 0.25) is 5.91 Å². The Morgan fingerprint density at radius 2 is 2.19 bits per heavy atom. The van der Waals surface area contributed by atoms with Gasteiger partial charge in [-0.3, -0.25) is 14.6 Å². The number of thiophene rings is 1. The van der Waals surface area contributed by atoms with Crippen molar-refractivity contribution in [1.29, 1.82) is 0 Å². The lowest BCUT2D eigenvalue weighted by Gasteiger charge is -2.10. The Morgan fingerprint density at radius 1 is 1.33 bits per heavy atom. The summed E-state index contributed by atoms with van der Waals surface area (Å²) in [5.41, 5.74) is 5.49. The van der Waals surface area contributed by atoms with Crippen molar-refractivity contribution in [2.24, 2.45) is 0 Å². The standard InChI is InChI=1S/C20H19N3O3S/c1-2-17(24)22-20-18(14-7-8-21-10-16(14)27-20)19(25)12-3-5-13-11(9-12)4-6-15(13)23-26/h3,5,7-10,15,23,26H,2,4,6H2,1H3,(H,22,24). The van der Waals surface area contributed by atoms with E-state index in [1.165, 1.54) is 11.3 Å². The molecule has 0 bridgehead atoms. The van der Waals surface area contributed by atoms with Crippen LogP contribution in [0.2, 0.25) is 0 Å². The monoisotopic (exact) mass is 381 g/mol. The van der Waals surface area contributed by atoms with Gasteiger partial charge in [0.25, 0.3) is 0 Å². The van der Waals surface area contributed by atoms with Crippen molar-refractivity contribution in [2.45, 2.75) is 32.2 Å². The smallest absolute Gasteiger partial charge is 0.224 e. The molecule has 0 saturated heterocycles. The summed E-state index contributed by atoms with van der Waals surface area (Å²) in [6.07, 6.45) is 5.31. The molecule has 0 saturated carbocycles. The van der Waals surface area contributed by atoms with Gasteiger partial charge in [-0.1, -0.05) is 19.1 Å². The van der Waals surface area contributed by atoms with Gasteiger partial charge in [0, 0.05) is 29.8 Å². The van der Waals surface area contributed by atoms with E-state index >= 15 is 0 Å². The van der Waals surface area contributed by atoms with Crippen molar-refractivity contribution in [3.05, 3.63) is 58.9 Å². The molecule has 0 aliphatic heterocycles. The number of carbonyl (C=O) groups excluding carboxylic acids is 2. The zero-order chi connectivity index (χ0) is 19.0. The van der Waals surface area contributed by atoms with Crippen LogP contribution in [0.5, 0.6) is 0 Å². The second-order valence-electron chi connectivity index (χ2n) is 6.54. The molecule has 138 valence electrons. The number of pyridine rings is 1. The third kappa shape index (κ3) is 3.14. The molecule has 1 aromatic carbocycles. The highest BCUT2D eigenvalue weighted by molar-refractivity contribution is 7.23. The highest BCUT2D eigenvalue weighted by atomic mass is 32.1. The number of hydrogen-bond donors (Lipinski definition) is 3. The first-order valence-electron chi connectivity index (χ1n) is 8.86. The van der Waals surface area contributed by atoms with Gasteiger partial charge in [-0.05, 0) is 36.1 Å². The van der Waals surface area contributed by atoms with E-state index in [-0.39, 0.29) is 17.7 Å². The zero-order valence-electron chi connectivity index (χ0n) is 14.8. The van der Waals surface area contributed by atoms with Crippen molar-refractivity contribution >= 4 is 38.1 Å². The van der Waals surface area contributed by atoms with Gasteiger partial charge in [0.05, 0.1) is 16.3 Å². The van der Waals surface area contributed by atoms with Gasteiger partial charge in [0.15, 0.2) is 5.78 Å². The Bertz CT molecular complexity index is 1040. The molecule has 6 nitrogen and oxygen atoms in total. The normalized spacial score (nSPS) is 15.7. The highest BCUT2D eigenvalue weighted by Gasteiger charge is 2.25. The number of benzene rings is 1. The maximum Gasteiger partial charge on any atom is 0.224 e. The average molecular weight is 381 g/mol. The van der Waals surface area contributed by atoms with E-state index in [9.17, 15) is 14.8 Å². The zero-order valence-corrected chi connectivity index (χ0v) is 15.6. The Balaban J connectivity index is 1.78. The summed E-state index contributed by atoms with van der Waals surface area (Å²) in [5, 5.41) is 13.5. The van der Waals surface area contributed by atoms with E-state index < -0.39 is 0 Å². The quantitative estimate of drug-likeness (QED) is 0.461. The third-order valence-electron chi connectivity index (χ3n) is 4.93. The summed E-state index contributed by atoms with van der Waals surface area (Å²) in [5.74, 6) is -0.253. The molecule has 0 radical (unpaired) electrons. The van der Waals surface area contributed by atoms with Crippen molar-refractivity contribution in [2.75, 3.05) is 5.32 Å². The van der Waals surface area contributed by atoms with Crippen LogP contribution in [0.4, 0.5) is 5.00 Å². The molecule has 3 aromatic rings. The van der Waals surface area contributed by atoms with Gasteiger partial charge < -0.3 is 10.5 Å². The maximum absolute atomic E-state index is 13.3. The lowest BCUT2D eigenvalue weighted by atomic mass is 9.98. The molecule has 1 unspecified atom stereocenters. The van der Waals surface area contributed by atoms with Crippen molar-refractivity contribution in [3.8, 4) is 0 Å². The molecular formula is C20H19N3O3S. The topological polar surface area (TPSA) is 91.3 Å². The van der Waals surface area contributed by atoms with E-state index in [2.05, 4.69) is 15.8 Å². The predicted molar refractivity (Wildman–Crippen MR) is 104 cm³/mol. The van der Waals surface area contributed by atoms with Crippen LogP contribution in [0, 0.1) is 0 Å². The molecule has 27 heavy (non-hydrogen) atoms. The first kappa shape index (κ1) is 17.8. The fraction of sp³-hybridized carbons (Fsp3) is 0.250. The van der Waals surface area contributed by atoms with Crippen LogP contribution in [0.15, 0.2) is 36.7 Å². The Labute approximate surface area is 160 Å². The lowest BCUT2D eigenvalue weighted by Crippen LogP contribution is -2.14. The molecule has 1 aliphatic carbocycles. The first-order valence-corrected chi connectivity index (χ1v) is 9.67. The minimum absolute atomic E-state index is 0.0865. The molecule has 0 fully saturated rings. The van der Waals surface area contributed by atoms with Gasteiger partial charge in [-0.15, -0.1) is 11.3 Å². The highest BCUT2D eigenvalue weighted by Crippen LogP contribution is 2.38. The number of anilines is 1. The van der Waals surface area contributed by atoms with Gasteiger partial charge in [-0.25, -0.2) is 0 Å². The number of carbonyl (C=O) groups is 2. The first-order chi connectivity index (χ1) is 13.1.